The number of benzene rings is 2. The number of rotatable bonds is 8. The number of amides is 1. The summed E-state index contributed by atoms with van der Waals surface area (Å²) in [6.07, 6.45) is 0.104. The SMILES string of the molecule is COC(=O)COCC(=O)OC[C@H]1CN(C(=O)Oc2ccccc2)CC[C@@H]1c1ccc(F)cc1. The van der Waals surface area contributed by atoms with E-state index in [9.17, 15) is 18.8 Å². The van der Waals surface area contributed by atoms with E-state index in [-0.39, 0.29) is 30.9 Å². The summed E-state index contributed by atoms with van der Waals surface area (Å²) in [6.45, 7) is 0.0110. The highest BCUT2D eigenvalue weighted by molar-refractivity contribution is 5.73. The summed E-state index contributed by atoms with van der Waals surface area (Å²) in [5, 5.41) is 0. The van der Waals surface area contributed by atoms with Crippen molar-refractivity contribution < 1.29 is 37.7 Å². The normalized spacial score (nSPS) is 17.8. The van der Waals surface area contributed by atoms with Crippen molar-refractivity contribution >= 4 is 18.0 Å². The van der Waals surface area contributed by atoms with Gasteiger partial charge in [-0.1, -0.05) is 30.3 Å². The van der Waals surface area contributed by atoms with Gasteiger partial charge in [0.15, 0.2) is 0 Å². The maximum absolute atomic E-state index is 13.4. The van der Waals surface area contributed by atoms with E-state index in [2.05, 4.69) is 4.74 Å². The third kappa shape index (κ3) is 7.28. The van der Waals surface area contributed by atoms with Crippen molar-refractivity contribution in [2.24, 2.45) is 5.92 Å². The first-order valence-corrected chi connectivity index (χ1v) is 10.5. The first-order valence-electron chi connectivity index (χ1n) is 10.5. The van der Waals surface area contributed by atoms with Crippen molar-refractivity contribution in [3.63, 3.8) is 0 Å². The molecule has 2 aromatic rings. The molecule has 2 aromatic carbocycles. The summed E-state index contributed by atoms with van der Waals surface area (Å²) in [5.74, 6) is -1.42. The Balaban J connectivity index is 1.62. The molecule has 0 saturated carbocycles. The van der Waals surface area contributed by atoms with E-state index >= 15 is 0 Å². The molecule has 33 heavy (non-hydrogen) atoms. The second kappa shape index (κ2) is 12.0. The number of para-hydroxylation sites is 1. The fourth-order valence-corrected chi connectivity index (χ4v) is 3.69. The van der Waals surface area contributed by atoms with Crippen molar-refractivity contribution in [1.82, 2.24) is 4.90 Å². The molecule has 2 atom stereocenters. The molecule has 3 rings (SSSR count). The molecule has 0 aliphatic carbocycles. The van der Waals surface area contributed by atoms with Gasteiger partial charge in [-0.2, -0.15) is 0 Å². The third-order valence-electron chi connectivity index (χ3n) is 5.36. The Hall–Kier alpha value is -3.46. The van der Waals surface area contributed by atoms with Gasteiger partial charge in [-0.25, -0.2) is 18.8 Å². The Morgan fingerprint density at radius 2 is 1.70 bits per heavy atom. The number of piperidine rings is 1. The third-order valence-corrected chi connectivity index (χ3v) is 5.36. The highest BCUT2D eigenvalue weighted by Crippen LogP contribution is 2.34. The van der Waals surface area contributed by atoms with Crippen LogP contribution in [0, 0.1) is 11.7 Å². The summed E-state index contributed by atoms with van der Waals surface area (Å²) in [5.41, 5.74) is 0.899. The fraction of sp³-hybridized carbons (Fsp3) is 0.375. The molecule has 0 unspecified atom stereocenters. The molecule has 1 aliphatic heterocycles. The number of ether oxygens (including phenoxy) is 4. The lowest BCUT2D eigenvalue weighted by atomic mass is 9.81. The molecule has 0 aromatic heterocycles. The molecule has 9 heteroatoms. The molecule has 8 nitrogen and oxygen atoms in total. The van der Waals surface area contributed by atoms with E-state index in [1.54, 1.807) is 41.3 Å². The molecule has 1 aliphatic rings. The quantitative estimate of drug-likeness (QED) is 0.560. The Kier molecular flexibility index (Phi) is 8.77. The number of halogens is 1. The van der Waals surface area contributed by atoms with E-state index in [0.717, 1.165) is 5.56 Å². The lowest BCUT2D eigenvalue weighted by Crippen LogP contribution is -2.46. The Morgan fingerprint density at radius 3 is 2.39 bits per heavy atom. The monoisotopic (exact) mass is 459 g/mol. The second-order valence-electron chi connectivity index (χ2n) is 7.59. The average Bonchev–Trinajstić information content (AvgIpc) is 2.83. The van der Waals surface area contributed by atoms with E-state index in [0.29, 0.717) is 25.3 Å². The van der Waals surface area contributed by atoms with Gasteiger partial charge in [0, 0.05) is 19.0 Å². The van der Waals surface area contributed by atoms with Crippen LogP contribution in [0.25, 0.3) is 0 Å². The van der Waals surface area contributed by atoms with Crippen molar-refractivity contribution in [2.75, 3.05) is 40.0 Å². The van der Waals surface area contributed by atoms with Crippen molar-refractivity contribution in [1.29, 1.82) is 0 Å². The largest absolute Gasteiger partial charge is 0.467 e. The van der Waals surface area contributed by atoms with Gasteiger partial charge in [0.1, 0.15) is 24.8 Å². The number of nitrogens with zero attached hydrogens (tertiary/aromatic N) is 1. The molecule has 1 saturated heterocycles. The van der Waals surface area contributed by atoms with Crippen LogP contribution in [0.5, 0.6) is 5.75 Å². The molecule has 0 radical (unpaired) electrons. The predicted molar refractivity (Wildman–Crippen MR) is 115 cm³/mol. The van der Waals surface area contributed by atoms with Crippen LogP contribution in [-0.4, -0.2) is 63.0 Å². The highest BCUT2D eigenvalue weighted by atomic mass is 19.1. The van der Waals surface area contributed by atoms with Crippen LogP contribution in [0.15, 0.2) is 54.6 Å². The molecule has 0 bridgehead atoms. The van der Waals surface area contributed by atoms with Crippen LogP contribution in [0.3, 0.4) is 0 Å². The minimum Gasteiger partial charge on any atom is -0.467 e. The standard InChI is InChI=1S/C24H26FNO7/c1-30-22(27)15-31-16-23(28)32-14-18-13-26(24(29)33-20-5-3-2-4-6-20)12-11-21(18)17-7-9-19(25)10-8-17/h2-10,18,21H,11-16H2,1H3/t18-,21-/m1/s1. The molecule has 1 fully saturated rings. The first-order chi connectivity index (χ1) is 16.0. The Bertz CT molecular complexity index is 936. The number of carbonyl (C=O) groups is 3. The van der Waals surface area contributed by atoms with Crippen molar-refractivity contribution in [3.05, 3.63) is 66.0 Å². The van der Waals surface area contributed by atoms with E-state index in [1.165, 1.54) is 19.2 Å². The van der Waals surface area contributed by atoms with Gasteiger partial charge in [0.2, 0.25) is 0 Å². The van der Waals surface area contributed by atoms with E-state index in [1.807, 2.05) is 6.07 Å². The van der Waals surface area contributed by atoms with Crippen LogP contribution in [-0.2, 0) is 23.8 Å². The van der Waals surface area contributed by atoms with Gasteiger partial charge < -0.3 is 23.8 Å². The summed E-state index contributed by atoms with van der Waals surface area (Å²) in [6, 6.07) is 14.9. The van der Waals surface area contributed by atoms with Crippen LogP contribution in [0.4, 0.5) is 9.18 Å². The summed E-state index contributed by atoms with van der Waals surface area (Å²) >= 11 is 0. The first kappa shape index (κ1) is 24.2. The maximum atomic E-state index is 13.4. The zero-order chi connectivity index (χ0) is 23.6. The molecular weight excluding hydrogens is 433 g/mol. The predicted octanol–water partition coefficient (Wildman–Crippen LogP) is 3.16. The van der Waals surface area contributed by atoms with Gasteiger partial charge in [0.05, 0.1) is 13.7 Å². The van der Waals surface area contributed by atoms with Gasteiger partial charge in [-0.3, -0.25) is 0 Å². The van der Waals surface area contributed by atoms with Gasteiger partial charge in [0.25, 0.3) is 0 Å². The lowest BCUT2D eigenvalue weighted by Gasteiger charge is -2.38. The number of methoxy groups -OCH3 is 1. The highest BCUT2D eigenvalue weighted by Gasteiger charge is 2.34. The summed E-state index contributed by atoms with van der Waals surface area (Å²) in [7, 11) is 1.22. The topological polar surface area (TPSA) is 91.4 Å². The molecule has 1 amide bonds. The Morgan fingerprint density at radius 1 is 1.00 bits per heavy atom. The number of carbonyl (C=O) groups excluding carboxylic acids is 3. The van der Waals surface area contributed by atoms with Crippen LogP contribution >= 0.6 is 0 Å². The van der Waals surface area contributed by atoms with E-state index in [4.69, 9.17) is 14.2 Å². The van der Waals surface area contributed by atoms with Gasteiger partial charge >= 0.3 is 18.0 Å². The molecule has 176 valence electrons. The van der Waals surface area contributed by atoms with Crippen LogP contribution in [0.2, 0.25) is 0 Å². The summed E-state index contributed by atoms with van der Waals surface area (Å²) in [4.78, 5) is 37.3. The van der Waals surface area contributed by atoms with Crippen molar-refractivity contribution in [3.8, 4) is 5.75 Å². The van der Waals surface area contributed by atoms with E-state index < -0.39 is 24.6 Å². The zero-order valence-corrected chi connectivity index (χ0v) is 18.3. The minimum absolute atomic E-state index is 0.0254. The Labute approximate surface area is 191 Å². The van der Waals surface area contributed by atoms with Gasteiger partial charge in [-0.05, 0) is 42.2 Å². The minimum atomic E-state index is -0.638. The average molecular weight is 459 g/mol. The van der Waals surface area contributed by atoms with Gasteiger partial charge in [-0.15, -0.1) is 0 Å². The lowest BCUT2D eigenvalue weighted by molar-refractivity contribution is -0.155. The van der Waals surface area contributed by atoms with Crippen molar-refractivity contribution in [2.45, 2.75) is 12.3 Å². The second-order valence-corrected chi connectivity index (χ2v) is 7.59. The number of hydrogen-bond donors (Lipinski definition) is 0. The smallest absolute Gasteiger partial charge is 0.415 e. The summed E-state index contributed by atoms with van der Waals surface area (Å²) < 4.78 is 33.6. The maximum Gasteiger partial charge on any atom is 0.415 e. The molecule has 0 spiro atoms. The fourth-order valence-electron chi connectivity index (χ4n) is 3.69. The molecular formula is C24H26FNO7. The van der Waals surface area contributed by atoms with Crippen LogP contribution in [0.1, 0.15) is 17.9 Å². The molecule has 0 N–H and O–H groups in total. The van der Waals surface area contributed by atoms with Crippen LogP contribution < -0.4 is 4.74 Å². The zero-order valence-electron chi connectivity index (χ0n) is 18.3. The number of likely N-dealkylation sites (tertiary alicyclic amines) is 1. The number of hydrogen-bond acceptors (Lipinski definition) is 7. The number of esters is 2. The molecule has 1 heterocycles.